The molecule has 0 unspecified atom stereocenters. The van der Waals surface area contributed by atoms with Gasteiger partial charge >= 0.3 is 0 Å². The molecule has 1 fully saturated rings. The first-order valence-corrected chi connectivity index (χ1v) is 3.99. The van der Waals surface area contributed by atoms with Crippen LogP contribution in [0.3, 0.4) is 0 Å². The molecule has 10 heavy (non-hydrogen) atoms. The molecular formula is C8H15NO. The fourth-order valence-electron chi connectivity index (χ4n) is 1.06. The molecule has 1 aliphatic carbocycles. The van der Waals surface area contributed by atoms with Crippen molar-refractivity contribution in [2.24, 2.45) is 5.92 Å². The van der Waals surface area contributed by atoms with Gasteiger partial charge in [0.1, 0.15) is 5.78 Å². The van der Waals surface area contributed by atoms with Crippen LogP contribution in [0.2, 0.25) is 0 Å². The van der Waals surface area contributed by atoms with Gasteiger partial charge in [0.15, 0.2) is 0 Å². The van der Waals surface area contributed by atoms with Crippen molar-refractivity contribution in [1.29, 1.82) is 0 Å². The Morgan fingerprint density at radius 2 is 2.30 bits per heavy atom. The summed E-state index contributed by atoms with van der Waals surface area (Å²) in [5.41, 5.74) is 0. The summed E-state index contributed by atoms with van der Waals surface area (Å²) >= 11 is 0. The Kier molecular flexibility index (Phi) is 2.87. The summed E-state index contributed by atoms with van der Waals surface area (Å²) in [5.74, 6) is 1.25. The van der Waals surface area contributed by atoms with E-state index in [0.717, 1.165) is 18.8 Å². The second-order valence-electron chi connectivity index (χ2n) is 3.05. The minimum absolute atomic E-state index is 0.356. The Hall–Kier alpha value is -0.370. The number of ketones is 1. The normalized spacial score (nSPS) is 17.3. The van der Waals surface area contributed by atoms with Gasteiger partial charge in [0.25, 0.3) is 0 Å². The van der Waals surface area contributed by atoms with Crippen LogP contribution >= 0.6 is 0 Å². The first-order chi connectivity index (χ1) is 4.83. The quantitative estimate of drug-likeness (QED) is 0.618. The molecule has 0 heterocycles. The Morgan fingerprint density at radius 1 is 1.60 bits per heavy atom. The van der Waals surface area contributed by atoms with E-state index < -0.39 is 0 Å². The fourth-order valence-corrected chi connectivity index (χ4v) is 1.06. The third-order valence-electron chi connectivity index (χ3n) is 1.90. The molecular weight excluding hydrogens is 126 g/mol. The van der Waals surface area contributed by atoms with Gasteiger partial charge < -0.3 is 5.32 Å². The van der Waals surface area contributed by atoms with Crippen LogP contribution in [0.5, 0.6) is 0 Å². The van der Waals surface area contributed by atoms with E-state index in [9.17, 15) is 4.79 Å². The summed E-state index contributed by atoms with van der Waals surface area (Å²) < 4.78 is 0. The van der Waals surface area contributed by atoms with Crippen LogP contribution in [0.25, 0.3) is 0 Å². The van der Waals surface area contributed by atoms with Crippen LogP contribution in [-0.2, 0) is 4.79 Å². The average Bonchev–Trinajstić information content (AvgIpc) is 2.67. The molecule has 58 valence electrons. The molecule has 1 saturated carbocycles. The predicted molar refractivity (Wildman–Crippen MR) is 40.9 cm³/mol. The Labute approximate surface area is 62.0 Å². The zero-order valence-electron chi connectivity index (χ0n) is 6.52. The standard InChI is InChI=1S/C8H15NO/c1-9-6-8(10)5-4-7-2-3-7/h7,9H,2-6H2,1H3. The molecule has 0 radical (unpaired) electrons. The second-order valence-corrected chi connectivity index (χ2v) is 3.05. The molecule has 1 N–H and O–H groups in total. The number of hydrogen-bond donors (Lipinski definition) is 1. The van der Waals surface area contributed by atoms with Crippen LogP contribution in [-0.4, -0.2) is 19.4 Å². The summed E-state index contributed by atoms with van der Waals surface area (Å²) in [6.45, 7) is 0.548. The molecule has 0 atom stereocenters. The van der Waals surface area contributed by atoms with Gasteiger partial charge in [0.05, 0.1) is 6.54 Å². The van der Waals surface area contributed by atoms with Gasteiger partial charge in [-0.1, -0.05) is 12.8 Å². The molecule has 0 saturated heterocycles. The number of nitrogens with one attached hydrogen (secondary N) is 1. The number of carbonyl (C=O) groups is 1. The third kappa shape index (κ3) is 2.97. The summed E-state index contributed by atoms with van der Waals surface area (Å²) in [5, 5.41) is 2.86. The highest BCUT2D eigenvalue weighted by atomic mass is 16.1. The van der Waals surface area contributed by atoms with Gasteiger partial charge in [-0.15, -0.1) is 0 Å². The molecule has 1 aliphatic rings. The fraction of sp³-hybridized carbons (Fsp3) is 0.875. The van der Waals surface area contributed by atoms with E-state index in [2.05, 4.69) is 5.32 Å². The van der Waals surface area contributed by atoms with E-state index in [0.29, 0.717) is 12.3 Å². The number of Topliss-reactive ketones (excluding diaryl/α,β-unsaturated/α-hetero) is 1. The minimum Gasteiger partial charge on any atom is -0.313 e. The van der Waals surface area contributed by atoms with Gasteiger partial charge in [0, 0.05) is 6.42 Å². The lowest BCUT2D eigenvalue weighted by Crippen LogP contribution is -2.18. The lowest BCUT2D eigenvalue weighted by Gasteiger charge is -1.96. The Morgan fingerprint density at radius 3 is 2.80 bits per heavy atom. The molecule has 0 aromatic carbocycles. The monoisotopic (exact) mass is 141 g/mol. The summed E-state index contributed by atoms with van der Waals surface area (Å²) in [6, 6.07) is 0. The largest absolute Gasteiger partial charge is 0.313 e. The highest BCUT2D eigenvalue weighted by Gasteiger charge is 2.21. The molecule has 0 spiro atoms. The Bertz CT molecular complexity index is 118. The van der Waals surface area contributed by atoms with E-state index in [-0.39, 0.29) is 0 Å². The molecule has 2 heteroatoms. The molecule has 1 rings (SSSR count). The third-order valence-corrected chi connectivity index (χ3v) is 1.90. The van der Waals surface area contributed by atoms with Crippen LogP contribution in [0, 0.1) is 5.92 Å². The first-order valence-electron chi connectivity index (χ1n) is 3.99. The van der Waals surface area contributed by atoms with Crippen molar-refractivity contribution in [3.63, 3.8) is 0 Å². The summed E-state index contributed by atoms with van der Waals surface area (Å²) in [6.07, 6.45) is 4.62. The van der Waals surface area contributed by atoms with E-state index in [1.165, 1.54) is 12.8 Å². The van der Waals surface area contributed by atoms with Gasteiger partial charge in [-0.2, -0.15) is 0 Å². The highest BCUT2D eigenvalue weighted by Crippen LogP contribution is 2.33. The van der Waals surface area contributed by atoms with E-state index in [4.69, 9.17) is 0 Å². The summed E-state index contributed by atoms with van der Waals surface area (Å²) in [4.78, 5) is 10.9. The topological polar surface area (TPSA) is 29.1 Å². The lowest BCUT2D eigenvalue weighted by molar-refractivity contribution is -0.118. The maximum absolute atomic E-state index is 10.9. The van der Waals surface area contributed by atoms with E-state index >= 15 is 0 Å². The van der Waals surface area contributed by atoms with Gasteiger partial charge in [-0.3, -0.25) is 4.79 Å². The lowest BCUT2D eigenvalue weighted by atomic mass is 10.1. The molecule has 2 nitrogen and oxygen atoms in total. The highest BCUT2D eigenvalue weighted by molar-refractivity contribution is 5.80. The molecule has 0 aliphatic heterocycles. The van der Waals surface area contributed by atoms with E-state index in [1.54, 1.807) is 0 Å². The molecule has 0 aromatic rings. The number of carbonyl (C=O) groups excluding carboxylic acids is 1. The van der Waals surface area contributed by atoms with Crippen LogP contribution in [0.4, 0.5) is 0 Å². The predicted octanol–water partition coefficient (Wildman–Crippen LogP) is 0.965. The summed E-state index contributed by atoms with van der Waals surface area (Å²) in [7, 11) is 1.81. The molecule has 0 aromatic heterocycles. The minimum atomic E-state index is 0.356. The van der Waals surface area contributed by atoms with Crippen LogP contribution in [0.1, 0.15) is 25.7 Å². The van der Waals surface area contributed by atoms with Crippen molar-refractivity contribution in [3.8, 4) is 0 Å². The van der Waals surface area contributed by atoms with Crippen molar-refractivity contribution in [3.05, 3.63) is 0 Å². The zero-order valence-corrected chi connectivity index (χ0v) is 6.52. The molecule has 0 bridgehead atoms. The van der Waals surface area contributed by atoms with Crippen molar-refractivity contribution in [2.45, 2.75) is 25.7 Å². The van der Waals surface area contributed by atoms with Crippen LogP contribution < -0.4 is 5.32 Å². The van der Waals surface area contributed by atoms with E-state index in [1.807, 2.05) is 7.05 Å². The number of likely N-dealkylation sites (N-methyl/N-ethyl adjacent to an activating group) is 1. The van der Waals surface area contributed by atoms with Gasteiger partial charge in [0.2, 0.25) is 0 Å². The second kappa shape index (κ2) is 3.71. The number of rotatable bonds is 5. The van der Waals surface area contributed by atoms with Gasteiger partial charge in [-0.05, 0) is 19.4 Å². The van der Waals surface area contributed by atoms with Crippen molar-refractivity contribution >= 4 is 5.78 Å². The molecule has 0 amide bonds. The van der Waals surface area contributed by atoms with Crippen molar-refractivity contribution in [2.75, 3.05) is 13.6 Å². The average molecular weight is 141 g/mol. The smallest absolute Gasteiger partial charge is 0.146 e. The maximum atomic E-state index is 10.9. The number of hydrogen-bond acceptors (Lipinski definition) is 2. The van der Waals surface area contributed by atoms with Crippen LogP contribution in [0.15, 0.2) is 0 Å². The SMILES string of the molecule is CNCC(=O)CCC1CC1. The van der Waals surface area contributed by atoms with Crippen molar-refractivity contribution in [1.82, 2.24) is 5.32 Å². The first kappa shape index (κ1) is 7.73. The zero-order chi connectivity index (χ0) is 7.40. The van der Waals surface area contributed by atoms with Gasteiger partial charge in [-0.25, -0.2) is 0 Å². The maximum Gasteiger partial charge on any atom is 0.146 e. The van der Waals surface area contributed by atoms with Crippen molar-refractivity contribution < 1.29 is 4.79 Å². The Balaban J connectivity index is 1.94.